The fourth-order valence-electron chi connectivity index (χ4n) is 1.81. The molecule has 1 aliphatic rings. The standard InChI is InChI=1S/C11H15NO4S/c13-10-4-1-3-9(7-10)12-17(14,15)8-11-5-2-6-16-11/h1,3-4,7,11-13H,2,5-6,8H2. The molecule has 0 spiro atoms. The molecule has 1 heterocycles. The number of hydrogen-bond acceptors (Lipinski definition) is 4. The zero-order valence-corrected chi connectivity index (χ0v) is 10.1. The quantitative estimate of drug-likeness (QED) is 0.852. The molecule has 6 heteroatoms. The summed E-state index contributed by atoms with van der Waals surface area (Å²) in [6.45, 7) is 0.631. The molecule has 1 unspecified atom stereocenters. The van der Waals surface area contributed by atoms with Gasteiger partial charge in [0.2, 0.25) is 10.0 Å². The zero-order valence-electron chi connectivity index (χ0n) is 9.30. The first-order valence-corrected chi connectivity index (χ1v) is 7.11. The molecule has 0 amide bonds. The minimum Gasteiger partial charge on any atom is -0.508 e. The summed E-state index contributed by atoms with van der Waals surface area (Å²) in [5.74, 6) is -0.00911. The largest absolute Gasteiger partial charge is 0.508 e. The van der Waals surface area contributed by atoms with Crippen LogP contribution in [0, 0.1) is 0 Å². The number of sulfonamides is 1. The van der Waals surface area contributed by atoms with Crippen LogP contribution in [0.25, 0.3) is 0 Å². The van der Waals surface area contributed by atoms with Gasteiger partial charge in [-0.15, -0.1) is 0 Å². The van der Waals surface area contributed by atoms with Gasteiger partial charge in [0.05, 0.1) is 17.5 Å². The monoisotopic (exact) mass is 257 g/mol. The maximum absolute atomic E-state index is 11.8. The Morgan fingerprint density at radius 3 is 2.94 bits per heavy atom. The van der Waals surface area contributed by atoms with Crippen molar-refractivity contribution in [1.82, 2.24) is 0 Å². The molecule has 1 saturated heterocycles. The lowest BCUT2D eigenvalue weighted by molar-refractivity contribution is 0.127. The number of hydrogen-bond donors (Lipinski definition) is 2. The topological polar surface area (TPSA) is 75.6 Å². The predicted molar refractivity (Wildman–Crippen MR) is 64.5 cm³/mol. The van der Waals surface area contributed by atoms with Crippen molar-refractivity contribution in [3.05, 3.63) is 24.3 Å². The van der Waals surface area contributed by atoms with Gasteiger partial charge in [-0.05, 0) is 25.0 Å². The minimum atomic E-state index is -3.42. The van der Waals surface area contributed by atoms with Crippen LogP contribution in [0.1, 0.15) is 12.8 Å². The molecule has 0 aliphatic carbocycles. The zero-order chi connectivity index (χ0) is 12.3. The fraction of sp³-hybridized carbons (Fsp3) is 0.455. The number of ether oxygens (including phenoxy) is 1. The first-order chi connectivity index (χ1) is 8.05. The summed E-state index contributed by atoms with van der Waals surface area (Å²) in [5.41, 5.74) is 0.364. The second-order valence-electron chi connectivity index (χ2n) is 4.07. The molecule has 94 valence electrons. The third-order valence-corrected chi connectivity index (χ3v) is 3.91. The highest BCUT2D eigenvalue weighted by molar-refractivity contribution is 7.92. The maximum Gasteiger partial charge on any atom is 0.235 e. The van der Waals surface area contributed by atoms with Gasteiger partial charge in [-0.1, -0.05) is 6.07 Å². The number of anilines is 1. The summed E-state index contributed by atoms with van der Waals surface area (Å²) in [7, 11) is -3.42. The Hall–Kier alpha value is -1.27. The van der Waals surface area contributed by atoms with Crippen LogP contribution in [-0.2, 0) is 14.8 Å². The summed E-state index contributed by atoms with van der Waals surface area (Å²) in [6, 6.07) is 6.02. The van der Waals surface area contributed by atoms with Gasteiger partial charge in [0.25, 0.3) is 0 Å². The van der Waals surface area contributed by atoms with E-state index in [1.165, 1.54) is 12.1 Å². The van der Waals surface area contributed by atoms with Crippen LogP contribution in [0.4, 0.5) is 5.69 Å². The molecular weight excluding hydrogens is 242 g/mol. The number of benzene rings is 1. The molecule has 2 rings (SSSR count). The van der Waals surface area contributed by atoms with Crippen molar-refractivity contribution in [3.8, 4) is 5.75 Å². The molecule has 1 aromatic carbocycles. The molecule has 0 radical (unpaired) electrons. The average molecular weight is 257 g/mol. The second-order valence-corrected chi connectivity index (χ2v) is 5.84. The Morgan fingerprint density at radius 2 is 2.29 bits per heavy atom. The van der Waals surface area contributed by atoms with E-state index in [0.29, 0.717) is 12.3 Å². The van der Waals surface area contributed by atoms with E-state index in [9.17, 15) is 13.5 Å². The SMILES string of the molecule is O=S(=O)(CC1CCCO1)Nc1cccc(O)c1. The first kappa shape index (κ1) is 12.2. The average Bonchev–Trinajstić information content (AvgIpc) is 2.68. The Labute approximate surface area is 100 Å². The number of phenolic OH excluding ortho intramolecular Hbond substituents is 1. The Morgan fingerprint density at radius 1 is 1.47 bits per heavy atom. The number of phenols is 1. The molecule has 1 atom stereocenters. The minimum absolute atomic E-state index is 0.0299. The molecule has 0 saturated carbocycles. The molecule has 0 bridgehead atoms. The van der Waals surface area contributed by atoms with E-state index in [2.05, 4.69) is 4.72 Å². The Kier molecular flexibility index (Phi) is 3.54. The molecule has 2 N–H and O–H groups in total. The fourth-order valence-corrected chi connectivity index (χ4v) is 3.13. The van der Waals surface area contributed by atoms with Gasteiger partial charge in [-0.25, -0.2) is 8.42 Å². The van der Waals surface area contributed by atoms with E-state index >= 15 is 0 Å². The van der Waals surface area contributed by atoms with Gasteiger partial charge in [0.15, 0.2) is 0 Å². The Balaban J connectivity index is 2.01. The van der Waals surface area contributed by atoms with Crippen molar-refractivity contribution in [2.45, 2.75) is 18.9 Å². The predicted octanol–water partition coefficient (Wildman–Crippen LogP) is 1.31. The van der Waals surface area contributed by atoms with E-state index in [4.69, 9.17) is 4.74 Å². The molecular formula is C11H15NO4S. The molecule has 1 fully saturated rings. The van der Waals surface area contributed by atoms with Crippen molar-refractivity contribution in [2.75, 3.05) is 17.1 Å². The highest BCUT2D eigenvalue weighted by Crippen LogP contribution is 2.19. The lowest BCUT2D eigenvalue weighted by atomic mass is 10.3. The van der Waals surface area contributed by atoms with Crippen LogP contribution in [0.5, 0.6) is 5.75 Å². The van der Waals surface area contributed by atoms with E-state index in [-0.39, 0.29) is 17.6 Å². The molecule has 17 heavy (non-hydrogen) atoms. The number of aromatic hydroxyl groups is 1. The maximum atomic E-state index is 11.8. The first-order valence-electron chi connectivity index (χ1n) is 5.46. The van der Waals surface area contributed by atoms with E-state index in [1.54, 1.807) is 12.1 Å². The molecule has 0 aromatic heterocycles. The highest BCUT2D eigenvalue weighted by Gasteiger charge is 2.23. The van der Waals surface area contributed by atoms with Gasteiger partial charge >= 0.3 is 0 Å². The lowest BCUT2D eigenvalue weighted by Gasteiger charge is -2.12. The molecule has 1 aliphatic heterocycles. The van der Waals surface area contributed by atoms with Crippen molar-refractivity contribution in [2.24, 2.45) is 0 Å². The van der Waals surface area contributed by atoms with Crippen LogP contribution in [0.15, 0.2) is 24.3 Å². The van der Waals surface area contributed by atoms with Crippen molar-refractivity contribution >= 4 is 15.7 Å². The van der Waals surface area contributed by atoms with Gasteiger partial charge in [-0.2, -0.15) is 0 Å². The highest BCUT2D eigenvalue weighted by atomic mass is 32.2. The van der Waals surface area contributed by atoms with Crippen LogP contribution in [-0.4, -0.2) is 32.0 Å². The lowest BCUT2D eigenvalue weighted by Crippen LogP contribution is -2.25. The van der Waals surface area contributed by atoms with Crippen LogP contribution >= 0.6 is 0 Å². The summed E-state index contributed by atoms with van der Waals surface area (Å²) in [6.07, 6.45) is 1.47. The summed E-state index contributed by atoms with van der Waals surface area (Å²) in [5, 5.41) is 9.23. The van der Waals surface area contributed by atoms with Crippen molar-refractivity contribution in [3.63, 3.8) is 0 Å². The molecule has 5 nitrogen and oxygen atoms in total. The summed E-state index contributed by atoms with van der Waals surface area (Å²) >= 11 is 0. The van der Waals surface area contributed by atoms with Crippen LogP contribution in [0.2, 0.25) is 0 Å². The molecule has 1 aromatic rings. The van der Waals surface area contributed by atoms with Gasteiger partial charge < -0.3 is 9.84 Å². The smallest absolute Gasteiger partial charge is 0.235 e. The number of rotatable bonds is 4. The van der Waals surface area contributed by atoms with Gasteiger partial charge in [0, 0.05) is 12.7 Å². The second kappa shape index (κ2) is 4.93. The van der Waals surface area contributed by atoms with Gasteiger partial charge in [0.1, 0.15) is 5.75 Å². The summed E-state index contributed by atoms with van der Waals surface area (Å²) in [4.78, 5) is 0. The Bertz CT molecular complexity index is 480. The van der Waals surface area contributed by atoms with Crippen molar-refractivity contribution in [1.29, 1.82) is 0 Å². The normalized spacial score (nSPS) is 20.4. The van der Waals surface area contributed by atoms with E-state index in [1.807, 2.05) is 0 Å². The number of nitrogens with one attached hydrogen (secondary N) is 1. The van der Waals surface area contributed by atoms with E-state index < -0.39 is 10.0 Å². The van der Waals surface area contributed by atoms with Crippen LogP contribution in [0.3, 0.4) is 0 Å². The third kappa shape index (κ3) is 3.61. The van der Waals surface area contributed by atoms with E-state index in [0.717, 1.165) is 12.8 Å². The van der Waals surface area contributed by atoms with Crippen molar-refractivity contribution < 1.29 is 18.3 Å². The summed E-state index contributed by atoms with van der Waals surface area (Å²) < 4.78 is 31.3. The van der Waals surface area contributed by atoms with Gasteiger partial charge in [-0.3, -0.25) is 4.72 Å². The third-order valence-electron chi connectivity index (χ3n) is 2.55. The van der Waals surface area contributed by atoms with Crippen LogP contribution < -0.4 is 4.72 Å².